The largest absolute Gasteiger partial charge is 0.495 e. The molecule has 9 nitrogen and oxygen atoms in total. The van der Waals surface area contributed by atoms with E-state index in [1.807, 2.05) is 22.9 Å². The minimum atomic E-state index is -0.337. The van der Waals surface area contributed by atoms with Crippen LogP contribution in [0.2, 0.25) is 0 Å². The Morgan fingerprint density at radius 2 is 1.72 bits per heavy atom. The van der Waals surface area contributed by atoms with Gasteiger partial charge in [-0.2, -0.15) is 0 Å². The Bertz CT molecular complexity index is 1510. The van der Waals surface area contributed by atoms with Crippen LogP contribution in [0.5, 0.6) is 5.75 Å². The van der Waals surface area contributed by atoms with Crippen LogP contribution in [0.15, 0.2) is 47.3 Å². The number of fused-ring (bicyclic) bond motifs is 1. The summed E-state index contributed by atoms with van der Waals surface area (Å²) in [6.45, 7) is 7.34. The molecular formula is C30H37N7O2. The van der Waals surface area contributed by atoms with Gasteiger partial charge in [-0.1, -0.05) is 31.4 Å². The number of nitrogens with one attached hydrogen (secondary N) is 1. The van der Waals surface area contributed by atoms with E-state index < -0.39 is 0 Å². The molecule has 1 saturated heterocycles. The smallest absolute Gasteiger partial charge is 0.253 e. The first-order valence-electron chi connectivity index (χ1n) is 14.1. The van der Waals surface area contributed by atoms with E-state index in [9.17, 15) is 4.79 Å². The predicted molar refractivity (Wildman–Crippen MR) is 153 cm³/mol. The molecular weight excluding hydrogens is 490 g/mol. The van der Waals surface area contributed by atoms with E-state index in [2.05, 4.69) is 68.4 Å². The van der Waals surface area contributed by atoms with Crippen molar-refractivity contribution in [3.8, 4) is 5.75 Å². The topological polar surface area (TPSA) is 92.2 Å². The Balaban J connectivity index is 1.39. The molecule has 1 atom stereocenters. The SMILES string of the molecule is COc1ccccc1N1CCN([C@@H](c2cc3cc(C)c(C)cc3[nH]c2=O)c2nnnn2C2CCCCC2)CC1. The van der Waals surface area contributed by atoms with Crippen LogP contribution in [0.1, 0.15) is 66.7 Å². The number of para-hydroxylation sites is 2. The van der Waals surface area contributed by atoms with Crippen molar-refractivity contribution in [2.45, 2.75) is 58.0 Å². The van der Waals surface area contributed by atoms with Gasteiger partial charge in [-0.15, -0.1) is 5.10 Å². The first kappa shape index (κ1) is 25.6. The third kappa shape index (κ3) is 4.91. The number of piperazine rings is 1. The molecule has 0 unspecified atom stereocenters. The van der Waals surface area contributed by atoms with E-state index >= 15 is 0 Å². The third-order valence-electron chi connectivity index (χ3n) is 8.57. The van der Waals surface area contributed by atoms with Crippen LogP contribution in [0.3, 0.4) is 0 Å². The fourth-order valence-electron chi connectivity index (χ4n) is 6.27. The Labute approximate surface area is 228 Å². The normalized spacial score (nSPS) is 18.0. The number of aryl methyl sites for hydroxylation is 2. The average molecular weight is 528 g/mol. The lowest BCUT2D eigenvalue weighted by Gasteiger charge is -2.40. The Morgan fingerprint density at radius 1 is 0.974 bits per heavy atom. The summed E-state index contributed by atoms with van der Waals surface area (Å²) in [5, 5.41) is 14.2. The zero-order valence-electron chi connectivity index (χ0n) is 23.1. The van der Waals surface area contributed by atoms with E-state index in [0.29, 0.717) is 5.56 Å². The van der Waals surface area contributed by atoms with Gasteiger partial charge in [-0.3, -0.25) is 9.69 Å². The van der Waals surface area contributed by atoms with E-state index in [1.165, 1.54) is 24.8 Å². The Hall–Kier alpha value is -3.72. The van der Waals surface area contributed by atoms with Crippen molar-refractivity contribution in [3.63, 3.8) is 0 Å². The number of ether oxygens (including phenoxy) is 1. The number of benzene rings is 2. The minimum absolute atomic E-state index is 0.0823. The molecule has 2 aromatic carbocycles. The van der Waals surface area contributed by atoms with Crippen molar-refractivity contribution in [3.05, 3.63) is 75.3 Å². The molecule has 1 aliphatic heterocycles. The van der Waals surface area contributed by atoms with Gasteiger partial charge in [0.05, 0.1) is 18.8 Å². The molecule has 39 heavy (non-hydrogen) atoms. The fraction of sp³-hybridized carbons (Fsp3) is 0.467. The van der Waals surface area contributed by atoms with Gasteiger partial charge in [-0.05, 0) is 84.0 Å². The van der Waals surface area contributed by atoms with Gasteiger partial charge in [0.15, 0.2) is 5.82 Å². The standard InChI is InChI=1S/C30H37N7O2/c1-20-17-22-19-24(30(38)31-25(22)18-21(20)2)28(29-32-33-34-37(29)23-9-5-4-6-10-23)36-15-13-35(14-16-36)26-11-7-8-12-27(26)39-3/h7-8,11-12,17-19,23,28H,4-6,9-10,13-16H2,1-3H3,(H,31,38)/t28-/m0/s1. The highest BCUT2D eigenvalue weighted by atomic mass is 16.5. The number of anilines is 1. The molecule has 0 spiro atoms. The van der Waals surface area contributed by atoms with E-state index in [0.717, 1.165) is 72.7 Å². The molecule has 6 rings (SSSR count). The van der Waals surface area contributed by atoms with Crippen LogP contribution in [-0.2, 0) is 0 Å². The highest BCUT2D eigenvalue weighted by Crippen LogP contribution is 2.35. The van der Waals surface area contributed by atoms with Crippen LogP contribution in [-0.4, -0.2) is 63.4 Å². The van der Waals surface area contributed by atoms with Gasteiger partial charge in [0, 0.05) is 37.3 Å². The van der Waals surface area contributed by atoms with Gasteiger partial charge >= 0.3 is 0 Å². The maximum atomic E-state index is 13.7. The quantitative estimate of drug-likeness (QED) is 0.393. The average Bonchev–Trinajstić information content (AvgIpc) is 3.45. The molecule has 4 aromatic rings. The number of tetrazole rings is 1. The van der Waals surface area contributed by atoms with Crippen molar-refractivity contribution >= 4 is 16.6 Å². The fourth-order valence-corrected chi connectivity index (χ4v) is 6.27. The summed E-state index contributed by atoms with van der Waals surface area (Å²) >= 11 is 0. The zero-order valence-corrected chi connectivity index (χ0v) is 23.1. The lowest BCUT2D eigenvalue weighted by atomic mass is 9.95. The van der Waals surface area contributed by atoms with E-state index in [1.54, 1.807) is 7.11 Å². The summed E-state index contributed by atoms with van der Waals surface area (Å²) in [6, 6.07) is 14.3. The molecule has 2 aromatic heterocycles. The summed E-state index contributed by atoms with van der Waals surface area (Å²) < 4.78 is 7.64. The first-order chi connectivity index (χ1) is 19.0. The molecule has 1 N–H and O–H groups in total. The molecule has 9 heteroatoms. The molecule has 2 fully saturated rings. The van der Waals surface area contributed by atoms with Crippen LogP contribution >= 0.6 is 0 Å². The number of H-pyrrole nitrogens is 1. The predicted octanol–water partition coefficient (Wildman–Crippen LogP) is 4.56. The van der Waals surface area contributed by atoms with Gasteiger partial charge < -0.3 is 14.6 Å². The van der Waals surface area contributed by atoms with Crippen molar-refractivity contribution in [2.75, 3.05) is 38.2 Å². The molecule has 204 valence electrons. The summed E-state index contributed by atoms with van der Waals surface area (Å²) in [7, 11) is 1.71. The highest BCUT2D eigenvalue weighted by Gasteiger charge is 2.34. The van der Waals surface area contributed by atoms with Crippen LogP contribution in [0, 0.1) is 13.8 Å². The molecule has 1 saturated carbocycles. The minimum Gasteiger partial charge on any atom is -0.495 e. The number of nitrogens with zero attached hydrogens (tertiary/aromatic N) is 6. The number of hydrogen-bond donors (Lipinski definition) is 1. The third-order valence-corrected chi connectivity index (χ3v) is 8.57. The maximum Gasteiger partial charge on any atom is 0.253 e. The van der Waals surface area contributed by atoms with Gasteiger partial charge in [0.2, 0.25) is 0 Å². The lowest BCUT2D eigenvalue weighted by Crippen LogP contribution is -2.49. The summed E-state index contributed by atoms with van der Waals surface area (Å²) in [6.07, 6.45) is 5.76. The number of methoxy groups -OCH3 is 1. The van der Waals surface area contributed by atoms with Crippen molar-refractivity contribution in [2.24, 2.45) is 0 Å². The highest BCUT2D eigenvalue weighted by molar-refractivity contribution is 5.81. The van der Waals surface area contributed by atoms with Crippen molar-refractivity contribution < 1.29 is 4.74 Å². The Morgan fingerprint density at radius 3 is 2.49 bits per heavy atom. The molecule has 3 heterocycles. The van der Waals surface area contributed by atoms with Crippen molar-refractivity contribution in [1.82, 2.24) is 30.1 Å². The van der Waals surface area contributed by atoms with Crippen LogP contribution in [0.4, 0.5) is 5.69 Å². The molecule has 0 amide bonds. The second kappa shape index (κ2) is 10.8. The molecule has 1 aliphatic carbocycles. The molecule has 0 radical (unpaired) electrons. The molecule has 0 bridgehead atoms. The number of aromatic amines is 1. The lowest BCUT2D eigenvalue weighted by molar-refractivity contribution is 0.192. The van der Waals surface area contributed by atoms with Crippen LogP contribution in [0.25, 0.3) is 10.9 Å². The number of pyridine rings is 1. The molecule has 2 aliphatic rings. The Kier molecular flexibility index (Phi) is 7.08. The number of rotatable bonds is 6. The number of aromatic nitrogens is 5. The second-order valence-electron chi connectivity index (χ2n) is 10.9. The summed E-state index contributed by atoms with van der Waals surface area (Å²) in [5.74, 6) is 1.64. The van der Waals surface area contributed by atoms with Crippen molar-refractivity contribution in [1.29, 1.82) is 0 Å². The summed E-state index contributed by atoms with van der Waals surface area (Å²) in [5.41, 5.74) is 4.94. The van der Waals surface area contributed by atoms with Crippen LogP contribution < -0.4 is 15.2 Å². The first-order valence-corrected chi connectivity index (χ1v) is 14.1. The zero-order chi connectivity index (χ0) is 26.9. The van der Waals surface area contributed by atoms with Gasteiger partial charge in [0.25, 0.3) is 5.56 Å². The summed E-state index contributed by atoms with van der Waals surface area (Å²) in [4.78, 5) is 21.6. The van der Waals surface area contributed by atoms with E-state index in [-0.39, 0.29) is 17.6 Å². The number of hydrogen-bond acceptors (Lipinski definition) is 7. The second-order valence-corrected chi connectivity index (χ2v) is 10.9. The monoisotopic (exact) mass is 527 g/mol. The maximum absolute atomic E-state index is 13.7. The van der Waals surface area contributed by atoms with Gasteiger partial charge in [-0.25, -0.2) is 4.68 Å². The van der Waals surface area contributed by atoms with E-state index in [4.69, 9.17) is 4.74 Å². The van der Waals surface area contributed by atoms with Gasteiger partial charge in [0.1, 0.15) is 11.8 Å².